The molecule has 0 fully saturated rings. The number of carboxylic acid groups (broad SMARTS) is 1. The van der Waals surface area contributed by atoms with Gasteiger partial charge in [-0.15, -0.1) is 0 Å². The van der Waals surface area contributed by atoms with E-state index in [0.717, 1.165) is 19.5 Å². The van der Waals surface area contributed by atoms with Gasteiger partial charge < -0.3 is 10.0 Å². The molecule has 1 aromatic rings. The van der Waals surface area contributed by atoms with Crippen LogP contribution in [0.15, 0.2) is 23.9 Å². The molecule has 0 saturated carbocycles. The maximum Gasteiger partial charge on any atom is 0.337 e. The highest BCUT2D eigenvalue weighted by Gasteiger charge is 2.19. The van der Waals surface area contributed by atoms with Gasteiger partial charge in [0.1, 0.15) is 5.82 Å². The maximum absolute atomic E-state index is 11.0. The molecular weight excluding hydrogens is 240 g/mol. The van der Waals surface area contributed by atoms with E-state index in [0.29, 0.717) is 5.82 Å². The summed E-state index contributed by atoms with van der Waals surface area (Å²) in [6.45, 7) is 3.60. The molecule has 0 bridgehead atoms. The van der Waals surface area contributed by atoms with E-state index < -0.39 is 5.97 Å². The van der Waals surface area contributed by atoms with Gasteiger partial charge in [0.05, 0.1) is 10.6 Å². The zero-order valence-electron chi connectivity index (χ0n) is 9.48. The molecule has 0 atom stereocenters. The number of anilines is 1. The third-order valence-corrected chi connectivity index (χ3v) is 3.11. The first-order valence-corrected chi connectivity index (χ1v) is 5.76. The molecule has 17 heavy (non-hydrogen) atoms. The molecule has 0 aliphatic carbocycles. The lowest BCUT2D eigenvalue weighted by Gasteiger charge is -2.28. The van der Waals surface area contributed by atoms with Crippen LogP contribution in [0, 0.1) is 0 Å². The predicted molar refractivity (Wildman–Crippen MR) is 66.8 cm³/mol. The second kappa shape index (κ2) is 4.75. The zero-order valence-corrected chi connectivity index (χ0v) is 10.2. The summed E-state index contributed by atoms with van der Waals surface area (Å²) in [4.78, 5) is 17.2. The van der Waals surface area contributed by atoms with Gasteiger partial charge in [-0.2, -0.15) is 0 Å². The third kappa shape index (κ3) is 2.42. The Hall–Kier alpha value is -1.55. The monoisotopic (exact) mass is 252 g/mol. The number of hydrogen-bond acceptors (Lipinski definition) is 3. The molecule has 90 valence electrons. The Balaban J connectivity index is 2.36. The number of pyridine rings is 1. The van der Waals surface area contributed by atoms with E-state index in [9.17, 15) is 4.79 Å². The molecule has 5 heteroatoms. The van der Waals surface area contributed by atoms with Crippen LogP contribution >= 0.6 is 11.6 Å². The van der Waals surface area contributed by atoms with Gasteiger partial charge in [0.25, 0.3) is 0 Å². The van der Waals surface area contributed by atoms with Gasteiger partial charge in [0.15, 0.2) is 0 Å². The minimum atomic E-state index is -1.03. The molecule has 1 aliphatic heterocycles. The van der Waals surface area contributed by atoms with E-state index in [-0.39, 0.29) is 10.6 Å². The molecule has 2 heterocycles. The Morgan fingerprint density at radius 2 is 2.35 bits per heavy atom. The fraction of sp³-hybridized carbons (Fsp3) is 0.333. The molecule has 0 amide bonds. The summed E-state index contributed by atoms with van der Waals surface area (Å²) in [6, 6.07) is 1.42. The average Bonchev–Trinajstić information content (AvgIpc) is 2.29. The summed E-state index contributed by atoms with van der Waals surface area (Å²) in [7, 11) is 0. The number of aromatic nitrogens is 1. The van der Waals surface area contributed by atoms with Gasteiger partial charge in [-0.05, 0) is 19.4 Å². The molecule has 0 unspecified atom stereocenters. The van der Waals surface area contributed by atoms with E-state index in [1.165, 1.54) is 17.8 Å². The van der Waals surface area contributed by atoms with Gasteiger partial charge in [-0.1, -0.05) is 23.3 Å². The molecule has 1 N–H and O–H groups in total. The van der Waals surface area contributed by atoms with Crippen LogP contribution in [0.1, 0.15) is 23.7 Å². The topological polar surface area (TPSA) is 53.4 Å². The first kappa shape index (κ1) is 11.9. The largest absolute Gasteiger partial charge is 0.478 e. The van der Waals surface area contributed by atoms with Crippen LogP contribution in [0.5, 0.6) is 0 Å². The summed E-state index contributed by atoms with van der Waals surface area (Å²) >= 11 is 6.08. The van der Waals surface area contributed by atoms with Crippen molar-refractivity contribution in [3.05, 3.63) is 34.5 Å². The fourth-order valence-corrected chi connectivity index (χ4v) is 2.22. The molecule has 0 saturated heterocycles. The van der Waals surface area contributed by atoms with E-state index in [1.807, 2.05) is 11.8 Å². The summed E-state index contributed by atoms with van der Waals surface area (Å²) < 4.78 is 0. The van der Waals surface area contributed by atoms with E-state index in [1.54, 1.807) is 0 Å². The van der Waals surface area contributed by atoms with Gasteiger partial charge >= 0.3 is 5.97 Å². The van der Waals surface area contributed by atoms with Crippen LogP contribution in [-0.4, -0.2) is 29.1 Å². The van der Waals surface area contributed by atoms with Crippen molar-refractivity contribution in [2.75, 3.05) is 18.0 Å². The maximum atomic E-state index is 11.0. The number of hydrogen-bond donors (Lipinski definition) is 1. The number of carboxylic acids is 1. The van der Waals surface area contributed by atoms with Crippen LogP contribution in [0.2, 0.25) is 5.02 Å². The van der Waals surface area contributed by atoms with Crippen molar-refractivity contribution in [3.8, 4) is 0 Å². The average molecular weight is 253 g/mol. The lowest BCUT2D eigenvalue weighted by atomic mass is 10.1. The molecule has 2 rings (SSSR count). The van der Waals surface area contributed by atoms with Crippen molar-refractivity contribution in [1.82, 2.24) is 4.98 Å². The summed E-state index contributed by atoms with van der Waals surface area (Å²) in [5, 5.41) is 9.22. The lowest BCUT2D eigenvalue weighted by Crippen LogP contribution is -2.30. The second-order valence-corrected chi connectivity index (χ2v) is 4.44. The highest BCUT2D eigenvalue weighted by molar-refractivity contribution is 6.35. The fourth-order valence-electron chi connectivity index (χ4n) is 1.91. The number of aromatic carboxylic acids is 1. The van der Waals surface area contributed by atoms with Crippen LogP contribution in [0.25, 0.3) is 0 Å². The molecule has 4 nitrogen and oxygen atoms in total. The Morgan fingerprint density at radius 1 is 1.59 bits per heavy atom. The standard InChI is InChI=1S/C12H13ClN2O2/c1-8-3-2-6-15(7-8)11-10(13)9(12(16)17)4-5-14-11/h3-5H,2,6-7H2,1H3,(H,16,17). The smallest absolute Gasteiger partial charge is 0.337 e. The Bertz CT molecular complexity index is 485. The number of rotatable bonds is 2. The van der Waals surface area contributed by atoms with Crippen LogP contribution in [-0.2, 0) is 0 Å². The quantitative estimate of drug-likeness (QED) is 0.822. The lowest BCUT2D eigenvalue weighted by molar-refractivity contribution is 0.0697. The highest BCUT2D eigenvalue weighted by atomic mass is 35.5. The molecule has 1 aromatic heterocycles. The van der Waals surface area contributed by atoms with Crippen molar-refractivity contribution >= 4 is 23.4 Å². The summed E-state index contributed by atoms with van der Waals surface area (Å²) in [6.07, 6.45) is 4.59. The number of halogens is 1. The normalized spacial score (nSPS) is 15.6. The highest BCUT2D eigenvalue weighted by Crippen LogP contribution is 2.28. The van der Waals surface area contributed by atoms with Crippen molar-refractivity contribution in [2.24, 2.45) is 0 Å². The Labute approximate surface area is 105 Å². The summed E-state index contributed by atoms with van der Waals surface area (Å²) in [5.41, 5.74) is 1.35. The van der Waals surface area contributed by atoms with Crippen molar-refractivity contribution in [2.45, 2.75) is 13.3 Å². The molecule has 0 spiro atoms. The van der Waals surface area contributed by atoms with Crippen LogP contribution in [0.4, 0.5) is 5.82 Å². The Morgan fingerprint density at radius 3 is 3.00 bits per heavy atom. The van der Waals surface area contributed by atoms with Crippen LogP contribution in [0.3, 0.4) is 0 Å². The first-order chi connectivity index (χ1) is 8.09. The predicted octanol–water partition coefficient (Wildman–Crippen LogP) is 2.59. The molecular formula is C12H13ClN2O2. The van der Waals surface area contributed by atoms with Crippen molar-refractivity contribution in [3.63, 3.8) is 0 Å². The van der Waals surface area contributed by atoms with E-state index in [4.69, 9.17) is 16.7 Å². The van der Waals surface area contributed by atoms with E-state index in [2.05, 4.69) is 11.1 Å². The van der Waals surface area contributed by atoms with Crippen molar-refractivity contribution in [1.29, 1.82) is 0 Å². The number of carbonyl (C=O) groups is 1. The first-order valence-electron chi connectivity index (χ1n) is 5.38. The summed E-state index contributed by atoms with van der Waals surface area (Å²) in [5.74, 6) is -0.470. The molecule has 0 radical (unpaired) electrons. The van der Waals surface area contributed by atoms with Gasteiger partial charge in [-0.3, -0.25) is 0 Å². The van der Waals surface area contributed by atoms with E-state index >= 15 is 0 Å². The van der Waals surface area contributed by atoms with Gasteiger partial charge in [-0.25, -0.2) is 9.78 Å². The molecule has 0 aromatic carbocycles. The zero-order chi connectivity index (χ0) is 12.4. The third-order valence-electron chi connectivity index (χ3n) is 2.73. The Kier molecular flexibility index (Phi) is 3.33. The second-order valence-electron chi connectivity index (χ2n) is 4.06. The minimum absolute atomic E-state index is 0.101. The SMILES string of the molecule is CC1=CCCN(c2nccc(C(=O)O)c2Cl)C1. The van der Waals surface area contributed by atoms with Crippen molar-refractivity contribution < 1.29 is 9.90 Å². The number of nitrogens with zero attached hydrogens (tertiary/aromatic N) is 2. The minimum Gasteiger partial charge on any atom is -0.478 e. The van der Waals surface area contributed by atoms with Gasteiger partial charge in [0.2, 0.25) is 0 Å². The van der Waals surface area contributed by atoms with Gasteiger partial charge in [0, 0.05) is 19.3 Å². The molecule has 1 aliphatic rings. The van der Waals surface area contributed by atoms with Crippen LogP contribution < -0.4 is 4.90 Å².